The minimum absolute atomic E-state index is 0.0589. The van der Waals surface area contributed by atoms with Crippen molar-refractivity contribution < 1.29 is 4.79 Å². The molecule has 0 fully saturated rings. The maximum atomic E-state index is 12.2. The highest BCUT2D eigenvalue weighted by molar-refractivity contribution is 6.30. The van der Waals surface area contributed by atoms with Crippen molar-refractivity contribution in [3.8, 4) is 0 Å². The van der Waals surface area contributed by atoms with E-state index < -0.39 is 0 Å². The molecule has 0 atom stereocenters. The SMILES string of the molecule is O=C(/C1=C/CCCCCC1)c1ccc(Cl)cn1. The summed E-state index contributed by atoms with van der Waals surface area (Å²) in [4.78, 5) is 16.3. The predicted octanol–water partition coefficient (Wildman–Crippen LogP) is 4.20. The molecule has 3 heteroatoms. The number of aromatic nitrogens is 1. The van der Waals surface area contributed by atoms with Crippen LogP contribution >= 0.6 is 11.6 Å². The molecular weight excluding hydrogens is 234 g/mol. The number of carbonyl (C=O) groups is 1. The number of pyridine rings is 1. The third-order valence-electron chi connectivity index (χ3n) is 3.04. The van der Waals surface area contributed by atoms with E-state index in [1.807, 2.05) is 0 Å². The van der Waals surface area contributed by atoms with Gasteiger partial charge in [0.25, 0.3) is 0 Å². The van der Waals surface area contributed by atoms with Crippen molar-refractivity contribution in [2.75, 3.05) is 0 Å². The summed E-state index contributed by atoms with van der Waals surface area (Å²) >= 11 is 5.76. The summed E-state index contributed by atoms with van der Waals surface area (Å²) in [6, 6.07) is 3.41. The second kappa shape index (κ2) is 5.97. The predicted molar refractivity (Wildman–Crippen MR) is 69.4 cm³/mol. The third-order valence-corrected chi connectivity index (χ3v) is 3.27. The second-order valence-electron chi connectivity index (χ2n) is 4.37. The first-order valence-electron chi connectivity index (χ1n) is 6.12. The number of nitrogens with zero attached hydrogens (tertiary/aromatic N) is 1. The van der Waals surface area contributed by atoms with E-state index in [0.29, 0.717) is 10.7 Å². The Balaban J connectivity index is 2.15. The highest BCUT2D eigenvalue weighted by atomic mass is 35.5. The molecule has 0 bridgehead atoms. The molecule has 0 aliphatic heterocycles. The molecule has 0 amide bonds. The van der Waals surface area contributed by atoms with Gasteiger partial charge in [-0.25, -0.2) is 0 Å². The molecule has 0 unspecified atom stereocenters. The number of hydrogen-bond donors (Lipinski definition) is 0. The molecule has 1 aromatic rings. The highest BCUT2D eigenvalue weighted by Gasteiger charge is 2.14. The Bertz CT molecular complexity index is 422. The van der Waals surface area contributed by atoms with E-state index >= 15 is 0 Å². The fourth-order valence-electron chi connectivity index (χ4n) is 2.07. The largest absolute Gasteiger partial charge is 0.287 e. The normalized spacial score (nSPS) is 19.9. The lowest BCUT2D eigenvalue weighted by Gasteiger charge is -2.10. The Hall–Kier alpha value is -1.15. The standard InChI is InChI=1S/C14H16ClNO/c15-12-8-9-13(16-10-12)14(17)11-6-4-2-1-3-5-7-11/h6,8-10H,1-5,7H2/b11-6+. The van der Waals surface area contributed by atoms with Gasteiger partial charge in [0, 0.05) is 6.20 Å². The highest BCUT2D eigenvalue weighted by Crippen LogP contribution is 2.20. The molecule has 0 N–H and O–H groups in total. The molecule has 1 aliphatic carbocycles. The summed E-state index contributed by atoms with van der Waals surface area (Å²) in [5, 5.41) is 0.563. The van der Waals surface area contributed by atoms with Crippen molar-refractivity contribution in [1.29, 1.82) is 0 Å². The van der Waals surface area contributed by atoms with E-state index in [4.69, 9.17) is 11.6 Å². The average Bonchev–Trinajstić information content (AvgIpc) is 2.29. The molecule has 1 heterocycles. The molecule has 1 aliphatic rings. The van der Waals surface area contributed by atoms with Gasteiger partial charge in [0.2, 0.25) is 5.78 Å². The lowest BCUT2D eigenvalue weighted by atomic mass is 9.96. The lowest BCUT2D eigenvalue weighted by Crippen LogP contribution is -2.07. The maximum Gasteiger partial charge on any atom is 0.206 e. The van der Waals surface area contributed by atoms with Crippen LogP contribution in [0.15, 0.2) is 30.0 Å². The summed E-state index contributed by atoms with van der Waals surface area (Å²) in [6.07, 6.45) is 10.3. The minimum Gasteiger partial charge on any atom is -0.287 e. The van der Waals surface area contributed by atoms with E-state index in [9.17, 15) is 4.79 Å². The summed E-state index contributed by atoms with van der Waals surface area (Å²) in [5.74, 6) is 0.0589. The van der Waals surface area contributed by atoms with Crippen LogP contribution in [0.2, 0.25) is 5.02 Å². The monoisotopic (exact) mass is 249 g/mol. The molecule has 90 valence electrons. The summed E-state index contributed by atoms with van der Waals surface area (Å²) in [7, 11) is 0. The Morgan fingerprint density at radius 1 is 1.18 bits per heavy atom. The van der Waals surface area contributed by atoms with E-state index in [1.54, 1.807) is 12.1 Å². The van der Waals surface area contributed by atoms with Gasteiger partial charge in [0.1, 0.15) is 5.69 Å². The van der Waals surface area contributed by atoms with Gasteiger partial charge < -0.3 is 0 Å². The Labute approximate surface area is 107 Å². The zero-order valence-corrected chi connectivity index (χ0v) is 10.5. The van der Waals surface area contributed by atoms with Gasteiger partial charge in [-0.05, 0) is 43.4 Å². The summed E-state index contributed by atoms with van der Waals surface area (Å²) in [6.45, 7) is 0. The van der Waals surface area contributed by atoms with Gasteiger partial charge in [-0.15, -0.1) is 0 Å². The first-order chi connectivity index (χ1) is 8.27. The first kappa shape index (κ1) is 12.3. The van der Waals surface area contributed by atoms with Crippen LogP contribution in [0.4, 0.5) is 0 Å². The lowest BCUT2D eigenvalue weighted by molar-refractivity contribution is 0.102. The number of Topliss-reactive ketones (excluding diaryl/α,β-unsaturated/α-hetero) is 1. The van der Waals surface area contributed by atoms with Crippen molar-refractivity contribution in [2.24, 2.45) is 0 Å². The fraction of sp³-hybridized carbons (Fsp3) is 0.429. The van der Waals surface area contributed by atoms with Crippen LogP contribution in [0.25, 0.3) is 0 Å². The molecule has 17 heavy (non-hydrogen) atoms. The van der Waals surface area contributed by atoms with Crippen molar-refractivity contribution >= 4 is 17.4 Å². The molecule has 2 rings (SSSR count). The third kappa shape index (κ3) is 3.40. The van der Waals surface area contributed by atoms with Crippen molar-refractivity contribution in [3.63, 3.8) is 0 Å². The van der Waals surface area contributed by atoms with Crippen molar-refractivity contribution in [3.05, 3.63) is 40.7 Å². The quantitative estimate of drug-likeness (QED) is 0.736. The van der Waals surface area contributed by atoms with E-state index in [-0.39, 0.29) is 5.78 Å². The number of rotatable bonds is 2. The van der Waals surface area contributed by atoms with Crippen LogP contribution in [-0.4, -0.2) is 10.8 Å². The van der Waals surface area contributed by atoms with Crippen molar-refractivity contribution in [2.45, 2.75) is 38.5 Å². The van der Waals surface area contributed by atoms with Gasteiger partial charge in [-0.2, -0.15) is 0 Å². The van der Waals surface area contributed by atoms with Crippen LogP contribution in [-0.2, 0) is 0 Å². The van der Waals surface area contributed by atoms with Gasteiger partial charge in [-0.1, -0.05) is 30.5 Å². The zero-order valence-electron chi connectivity index (χ0n) is 9.79. The Morgan fingerprint density at radius 3 is 2.76 bits per heavy atom. The van der Waals surface area contributed by atoms with Crippen LogP contribution in [0, 0.1) is 0 Å². The summed E-state index contributed by atoms with van der Waals surface area (Å²) in [5.41, 5.74) is 1.42. The molecular formula is C14H16ClNO. The van der Waals surface area contributed by atoms with E-state index in [1.165, 1.54) is 25.5 Å². The molecule has 0 saturated heterocycles. The topological polar surface area (TPSA) is 30.0 Å². The number of ketones is 1. The fourth-order valence-corrected chi connectivity index (χ4v) is 2.18. The van der Waals surface area contributed by atoms with Gasteiger partial charge in [-0.3, -0.25) is 9.78 Å². The molecule has 0 aromatic carbocycles. The van der Waals surface area contributed by atoms with Gasteiger partial charge in [0.05, 0.1) is 5.02 Å². The van der Waals surface area contributed by atoms with Crippen LogP contribution in [0.3, 0.4) is 0 Å². The molecule has 1 aromatic heterocycles. The number of carbonyl (C=O) groups excluding carboxylic acids is 1. The van der Waals surface area contributed by atoms with Crippen LogP contribution in [0.1, 0.15) is 49.0 Å². The molecule has 0 spiro atoms. The number of allylic oxidation sites excluding steroid dienone is 2. The van der Waals surface area contributed by atoms with Crippen LogP contribution in [0.5, 0.6) is 0 Å². The van der Waals surface area contributed by atoms with Gasteiger partial charge >= 0.3 is 0 Å². The number of hydrogen-bond acceptors (Lipinski definition) is 2. The van der Waals surface area contributed by atoms with Crippen LogP contribution < -0.4 is 0 Å². The number of halogens is 1. The Kier molecular flexibility index (Phi) is 4.32. The molecule has 0 saturated carbocycles. The van der Waals surface area contributed by atoms with Gasteiger partial charge in [0.15, 0.2) is 0 Å². The second-order valence-corrected chi connectivity index (χ2v) is 4.81. The summed E-state index contributed by atoms with van der Waals surface area (Å²) < 4.78 is 0. The molecule has 0 radical (unpaired) electrons. The minimum atomic E-state index is 0.0589. The average molecular weight is 250 g/mol. The smallest absolute Gasteiger partial charge is 0.206 e. The molecule has 2 nitrogen and oxygen atoms in total. The van der Waals surface area contributed by atoms with E-state index in [2.05, 4.69) is 11.1 Å². The van der Waals surface area contributed by atoms with Crippen molar-refractivity contribution in [1.82, 2.24) is 4.98 Å². The Morgan fingerprint density at radius 2 is 2.00 bits per heavy atom. The first-order valence-corrected chi connectivity index (χ1v) is 6.50. The van der Waals surface area contributed by atoms with E-state index in [0.717, 1.165) is 24.8 Å². The zero-order chi connectivity index (χ0) is 12.1. The maximum absolute atomic E-state index is 12.2.